The maximum atomic E-state index is 13.1. The van der Waals surface area contributed by atoms with Crippen LogP contribution in [0, 0.1) is 18.7 Å². The van der Waals surface area contributed by atoms with Crippen LogP contribution in [0.5, 0.6) is 0 Å². The number of benzene rings is 2. The zero-order valence-electron chi connectivity index (χ0n) is 15.5. The number of carbonyl (C=O) groups is 4. The summed E-state index contributed by atoms with van der Waals surface area (Å²) < 4.78 is 17.8. The number of esters is 1. The minimum atomic E-state index is -1.38. The Labute approximate surface area is 165 Å². The summed E-state index contributed by atoms with van der Waals surface area (Å²) in [5, 5.41) is 2.08. The quantitative estimate of drug-likeness (QED) is 0.485. The van der Waals surface area contributed by atoms with Gasteiger partial charge in [0.05, 0.1) is 24.0 Å². The fourth-order valence-electron chi connectivity index (χ4n) is 2.81. The molecule has 1 aliphatic heterocycles. The van der Waals surface area contributed by atoms with Crippen LogP contribution >= 0.6 is 0 Å². The van der Waals surface area contributed by atoms with Crippen LogP contribution in [0.3, 0.4) is 0 Å². The fraction of sp³-hybridized carbons (Fsp3) is 0.150. The number of methoxy groups -OCH3 is 1. The van der Waals surface area contributed by atoms with Gasteiger partial charge in [-0.2, -0.15) is 0 Å². The van der Waals surface area contributed by atoms with Gasteiger partial charge in [-0.05, 0) is 48.9 Å². The SMILES string of the molecule is COC(=O)c1cccc(N=C[C@@H]2C(=O)NC(=O)N(c3ccc(F)cc3)C2=O)c1C. The number of amides is 4. The number of aliphatic imine (C=N–C) groups is 1. The number of rotatable bonds is 4. The van der Waals surface area contributed by atoms with Crippen molar-refractivity contribution in [3.8, 4) is 0 Å². The second kappa shape index (κ2) is 8.01. The molecule has 2 aromatic carbocycles. The van der Waals surface area contributed by atoms with Crippen molar-refractivity contribution in [1.82, 2.24) is 5.32 Å². The molecule has 8 nitrogen and oxygen atoms in total. The van der Waals surface area contributed by atoms with Gasteiger partial charge in [-0.15, -0.1) is 0 Å². The van der Waals surface area contributed by atoms with Gasteiger partial charge in [0.2, 0.25) is 5.91 Å². The van der Waals surface area contributed by atoms with E-state index in [9.17, 15) is 23.6 Å². The Kier molecular flexibility index (Phi) is 5.49. The van der Waals surface area contributed by atoms with Crippen molar-refractivity contribution < 1.29 is 28.3 Å². The molecule has 3 rings (SSSR count). The number of urea groups is 1. The predicted molar refractivity (Wildman–Crippen MR) is 102 cm³/mol. The number of nitrogens with one attached hydrogen (secondary N) is 1. The number of nitrogens with zero attached hydrogens (tertiary/aromatic N) is 2. The first-order valence-electron chi connectivity index (χ1n) is 8.50. The van der Waals surface area contributed by atoms with Gasteiger partial charge < -0.3 is 4.74 Å². The zero-order chi connectivity index (χ0) is 21.1. The summed E-state index contributed by atoms with van der Waals surface area (Å²) in [6.07, 6.45) is 1.10. The molecule has 2 aromatic rings. The van der Waals surface area contributed by atoms with Gasteiger partial charge >= 0.3 is 12.0 Å². The molecule has 1 saturated heterocycles. The molecule has 0 radical (unpaired) electrons. The van der Waals surface area contributed by atoms with Crippen LogP contribution in [-0.2, 0) is 14.3 Å². The number of imide groups is 2. The lowest BCUT2D eigenvalue weighted by Gasteiger charge is -2.28. The molecular formula is C20H16FN3O5. The molecule has 0 aromatic heterocycles. The summed E-state index contributed by atoms with van der Waals surface area (Å²) in [6.45, 7) is 1.65. The summed E-state index contributed by atoms with van der Waals surface area (Å²) >= 11 is 0. The average Bonchev–Trinajstić information content (AvgIpc) is 2.69. The van der Waals surface area contributed by atoms with E-state index in [1.54, 1.807) is 25.1 Å². The Morgan fingerprint density at radius 2 is 1.86 bits per heavy atom. The lowest BCUT2D eigenvalue weighted by molar-refractivity contribution is -0.131. The monoisotopic (exact) mass is 397 g/mol. The molecule has 4 amide bonds. The smallest absolute Gasteiger partial charge is 0.338 e. The highest BCUT2D eigenvalue weighted by Crippen LogP contribution is 2.24. The summed E-state index contributed by atoms with van der Waals surface area (Å²) in [5.74, 6) is -4.11. The highest BCUT2D eigenvalue weighted by atomic mass is 19.1. The Hall–Kier alpha value is -3.88. The van der Waals surface area contributed by atoms with Crippen molar-refractivity contribution in [2.75, 3.05) is 12.0 Å². The number of hydrogen-bond donors (Lipinski definition) is 1. The second-order valence-electron chi connectivity index (χ2n) is 6.14. The molecule has 1 N–H and O–H groups in total. The molecule has 29 heavy (non-hydrogen) atoms. The van der Waals surface area contributed by atoms with Crippen molar-refractivity contribution in [1.29, 1.82) is 0 Å². The first-order valence-corrected chi connectivity index (χ1v) is 8.50. The van der Waals surface area contributed by atoms with Crippen LogP contribution in [-0.4, -0.2) is 37.1 Å². The van der Waals surface area contributed by atoms with E-state index in [0.717, 1.165) is 23.2 Å². The molecule has 0 aliphatic carbocycles. The molecule has 9 heteroatoms. The molecule has 1 heterocycles. The average molecular weight is 397 g/mol. The molecule has 0 bridgehead atoms. The highest BCUT2D eigenvalue weighted by molar-refractivity contribution is 6.32. The van der Waals surface area contributed by atoms with Crippen LogP contribution in [0.25, 0.3) is 0 Å². The van der Waals surface area contributed by atoms with Gasteiger partial charge in [-0.3, -0.25) is 19.9 Å². The maximum absolute atomic E-state index is 13.1. The number of carbonyl (C=O) groups excluding carboxylic acids is 4. The Morgan fingerprint density at radius 1 is 1.17 bits per heavy atom. The van der Waals surface area contributed by atoms with Crippen molar-refractivity contribution in [2.24, 2.45) is 10.9 Å². The lowest BCUT2D eigenvalue weighted by atomic mass is 10.0. The second-order valence-corrected chi connectivity index (χ2v) is 6.14. The Bertz CT molecular complexity index is 1030. The molecule has 0 unspecified atom stereocenters. The van der Waals surface area contributed by atoms with Gasteiger partial charge in [0.15, 0.2) is 5.92 Å². The molecule has 1 atom stereocenters. The van der Waals surface area contributed by atoms with Gasteiger partial charge in [-0.1, -0.05) is 6.07 Å². The fourth-order valence-corrected chi connectivity index (χ4v) is 2.81. The van der Waals surface area contributed by atoms with E-state index < -0.39 is 35.5 Å². The van der Waals surface area contributed by atoms with Gasteiger partial charge in [-0.25, -0.2) is 18.9 Å². The summed E-state index contributed by atoms with van der Waals surface area (Å²) in [6, 6.07) is 8.51. The van der Waals surface area contributed by atoms with Crippen LogP contribution < -0.4 is 10.2 Å². The normalized spacial score (nSPS) is 16.9. The van der Waals surface area contributed by atoms with Gasteiger partial charge in [0.1, 0.15) is 5.82 Å². The number of ether oxygens (including phenoxy) is 1. The number of halogens is 1. The van der Waals surface area contributed by atoms with Crippen molar-refractivity contribution in [2.45, 2.75) is 6.92 Å². The predicted octanol–water partition coefficient (Wildman–Crippen LogP) is 2.52. The van der Waals surface area contributed by atoms with Gasteiger partial charge in [0.25, 0.3) is 5.91 Å². The molecule has 148 valence electrons. The van der Waals surface area contributed by atoms with Crippen LogP contribution in [0.1, 0.15) is 15.9 Å². The van der Waals surface area contributed by atoms with Crippen LogP contribution in [0.4, 0.5) is 20.6 Å². The van der Waals surface area contributed by atoms with E-state index in [1.165, 1.54) is 19.2 Å². The van der Waals surface area contributed by atoms with Crippen molar-refractivity contribution >= 4 is 41.4 Å². The zero-order valence-corrected chi connectivity index (χ0v) is 15.5. The van der Waals surface area contributed by atoms with Crippen LogP contribution in [0.2, 0.25) is 0 Å². The first kappa shape index (κ1) is 19.9. The van der Waals surface area contributed by atoms with E-state index in [2.05, 4.69) is 10.3 Å². The molecule has 1 fully saturated rings. The third-order valence-electron chi connectivity index (χ3n) is 4.36. The first-order chi connectivity index (χ1) is 13.8. The number of hydrogen-bond acceptors (Lipinski definition) is 6. The van der Waals surface area contributed by atoms with E-state index in [4.69, 9.17) is 4.74 Å². The highest BCUT2D eigenvalue weighted by Gasteiger charge is 2.40. The molecule has 0 spiro atoms. The summed E-state index contributed by atoms with van der Waals surface area (Å²) in [5.41, 5.74) is 1.28. The minimum Gasteiger partial charge on any atom is -0.465 e. The topological polar surface area (TPSA) is 105 Å². The minimum absolute atomic E-state index is 0.115. The summed E-state index contributed by atoms with van der Waals surface area (Å²) in [4.78, 5) is 53.7. The maximum Gasteiger partial charge on any atom is 0.338 e. The van der Waals surface area contributed by atoms with E-state index in [-0.39, 0.29) is 5.69 Å². The van der Waals surface area contributed by atoms with E-state index in [0.29, 0.717) is 16.8 Å². The number of anilines is 1. The van der Waals surface area contributed by atoms with Gasteiger partial charge in [0, 0.05) is 6.21 Å². The molecule has 1 aliphatic rings. The van der Waals surface area contributed by atoms with Crippen molar-refractivity contribution in [3.63, 3.8) is 0 Å². The third-order valence-corrected chi connectivity index (χ3v) is 4.36. The standard InChI is InChI=1S/C20H16FN3O5/c1-11-14(19(27)29-2)4-3-5-16(11)22-10-15-17(25)23-20(28)24(18(15)26)13-8-6-12(21)7-9-13/h3-10,15H,1-2H3,(H,23,25,28)/t15-/m1/s1. The van der Waals surface area contributed by atoms with E-state index >= 15 is 0 Å². The van der Waals surface area contributed by atoms with E-state index in [1.807, 2.05) is 0 Å². The number of barbiturate groups is 1. The largest absolute Gasteiger partial charge is 0.465 e. The Morgan fingerprint density at radius 3 is 2.52 bits per heavy atom. The lowest BCUT2D eigenvalue weighted by Crippen LogP contribution is -2.58. The Balaban J connectivity index is 1.91. The third kappa shape index (κ3) is 3.88. The molecular weight excluding hydrogens is 381 g/mol. The molecule has 0 saturated carbocycles. The summed E-state index contributed by atoms with van der Waals surface area (Å²) in [7, 11) is 1.25. The van der Waals surface area contributed by atoms with Crippen molar-refractivity contribution in [3.05, 3.63) is 59.4 Å². The van der Waals surface area contributed by atoms with Crippen LogP contribution in [0.15, 0.2) is 47.5 Å².